The number of halogens is 1. The van der Waals surface area contributed by atoms with Crippen LogP contribution in [0.25, 0.3) is 0 Å². The molecule has 1 aliphatic carbocycles. The van der Waals surface area contributed by atoms with Gasteiger partial charge in [-0.15, -0.1) is 12.4 Å². The molecule has 1 saturated carbocycles. The Kier molecular flexibility index (Phi) is 8.15. The van der Waals surface area contributed by atoms with Crippen molar-refractivity contribution < 1.29 is 14.3 Å². The molecule has 0 radical (unpaired) electrons. The van der Waals surface area contributed by atoms with E-state index in [4.69, 9.17) is 15.2 Å². The van der Waals surface area contributed by atoms with E-state index in [1.807, 2.05) is 49.4 Å². The molecule has 1 amide bonds. The van der Waals surface area contributed by atoms with Gasteiger partial charge in [-0.25, -0.2) is 0 Å². The summed E-state index contributed by atoms with van der Waals surface area (Å²) in [5, 5.41) is 2.93. The summed E-state index contributed by atoms with van der Waals surface area (Å²) in [7, 11) is 1.64. The van der Waals surface area contributed by atoms with Crippen molar-refractivity contribution in [3.63, 3.8) is 0 Å². The molecule has 5 nitrogen and oxygen atoms in total. The first kappa shape index (κ1) is 22.1. The van der Waals surface area contributed by atoms with Crippen LogP contribution in [0.3, 0.4) is 0 Å². The van der Waals surface area contributed by atoms with E-state index in [-0.39, 0.29) is 24.4 Å². The van der Waals surface area contributed by atoms with Crippen LogP contribution < -0.4 is 20.5 Å². The van der Waals surface area contributed by atoms with Gasteiger partial charge in [0.1, 0.15) is 17.5 Å². The maximum Gasteiger partial charge on any atom is 0.241 e. The normalized spacial score (nSPS) is 14.8. The SMILES string of the molecule is COc1ccc(CNC(=O)C(N)c2ccc(C)cc2)c(OC2CCCC2)c1.Cl. The van der Waals surface area contributed by atoms with Gasteiger partial charge in [0.25, 0.3) is 0 Å². The molecule has 0 aromatic heterocycles. The quantitative estimate of drug-likeness (QED) is 0.729. The van der Waals surface area contributed by atoms with E-state index >= 15 is 0 Å². The topological polar surface area (TPSA) is 73.6 Å². The third-order valence-electron chi connectivity index (χ3n) is 5.04. The smallest absolute Gasteiger partial charge is 0.241 e. The van der Waals surface area contributed by atoms with Gasteiger partial charge >= 0.3 is 0 Å². The number of nitrogens with two attached hydrogens (primary N) is 1. The summed E-state index contributed by atoms with van der Waals surface area (Å²) in [5.74, 6) is 1.31. The summed E-state index contributed by atoms with van der Waals surface area (Å²) in [5.41, 5.74) is 8.97. The van der Waals surface area contributed by atoms with Crippen LogP contribution in [0.1, 0.15) is 48.4 Å². The third kappa shape index (κ3) is 5.63. The molecule has 0 bridgehead atoms. The summed E-state index contributed by atoms with van der Waals surface area (Å²) in [6.45, 7) is 2.37. The van der Waals surface area contributed by atoms with Crippen LogP contribution in [-0.2, 0) is 11.3 Å². The Morgan fingerprint density at radius 3 is 2.50 bits per heavy atom. The fourth-order valence-corrected chi connectivity index (χ4v) is 3.32. The Morgan fingerprint density at radius 2 is 1.86 bits per heavy atom. The zero-order chi connectivity index (χ0) is 19.2. The Labute approximate surface area is 173 Å². The molecular weight excluding hydrogens is 376 g/mol. The number of rotatable bonds is 7. The number of aryl methyl sites for hydroxylation is 1. The van der Waals surface area contributed by atoms with Gasteiger partial charge in [-0.3, -0.25) is 4.79 Å². The average Bonchev–Trinajstić information content (AvgIpc) is 3.19. The average molecular weight is 405 g/mol. The number of nitrogens with one attached hydrogen (secondary N) is 1. The van der Waals surface area contributed by atoms with Gasteiger partial charge in [0.2, 0.25) is 5.91 Å². The molecule has 6 heteroatoms. The Bertz CT molecular complexity index is 774. The number of ether oxygens (including phenoxy) is 2. The van der Waals surface area contributed by atoms with Crippen molar-refractivity contribution in [3.8, 4) is 11.5 Å². The first-order valence-corrected chi connectivity index (χ1v) is 9.50. The van der Waals surface area contributed by atoms with E-state index in [9.17, 15) is 4.79 Å². The molecule has 0 aliphatic heterocycles. The second-order valence-electron chi connectivity index (χ2n) is 7.10. The van der Waals surface area contributed by atoms with Crippen LogP contribution in [0.15, 0.2) is 42.5 Å². The van der Waals surface area contributed by atoms with Gasteiger partial charge in [0.15, 0.2) is 0 Å². The predicted molar refractivity (Wildman–Crippen MR) is 113 cm³/mol. The van der Waals surface area contributed by atoms with Crippen molar-refractivity contribution in [2.75, 3.05) is 7.11 Å². The Morgan fingerprint density at radius 1 is 1.18 bits per heavy atom. The third-order valence-corrected chi connectivity index (χ3v) is 5.04. The van der Waals surface area contributed by atoms with Crippen molar-refractivity contribution >= 4 is 18.3 Å². The van der Waals surface area contributed by atoms with Crippen LogP contribution in [0.2, 0.25) is 0 Å². The molecule has 3 N–H and O–H groups in total. The molecule has 1 atom stereocenters. The minimum Gasteiger partial charge on any atom is -0.497 e. The lowest BCUT2D eigenvalue weighted by Gasteiger charge is -2.19. The van der Waals surface area contributed by atoms with E-state index in [0.29, 0.717) is 6.54 Å². The molecule has 1 aliphatic rings. The number of methoxy groups -OCH3 is 1. The molecular formula is C22H29ClN2O3. The maximum absolute atomic E-state index is 12.5. The number of carbonyl (C=O) groups excluding carboxylic acids is 1. The maximum atomic E-state index is 12.5. The zero-order valence-electron chi connectivity index (χ0n) is 16.4. The molecule has 28 heavy (non-hydrogen) atoms. The fraction of sp³-hybridized carbons (Fsp3) is 0.409. The predicted octanol–water partition coefficient (Wildman–Crippen LogP) is 4.06. The van der Waals surface area contributed by atoms with Gasteiger partial charge in [-0.2, -0.15) is 0 Å². The first-order chi connectivity index (χ1) is 13.1. The van der Waals surface area contributed by atoms with Crippen LogP contribution in [-0.4, -0.2) is 19.1 Å². The van der Waals surface area contributed by atoms with Crippen molar-refractivity contribution in [2.24, 2.45) is 5.73 Å². The van der Waals surface area contributed by atoms with Crippen molar-refractivity contribution in [3.05, 3.63) is 59.2 Å². The molecule has 0 heterocycles. The van der Waals surface area contributed by atoms with Crippen molar-refractivity contribution in [2.45, 2.75) is 51.3 Å². The van der Waals surface area contributed by atoms with E-state index in [1.165, 1.54) is 12.8 Å². The van der Waals surface area contributed by atoms with E-state index in [2.05, 4.69) is 5.32 Å². The summed E-state index contributed by atoms with van der Waals surface area (Å²) in [6.07, 6.45) is 4.78. The highest BCUT2D eigenvalue weighted by molar-refractivity contribution is 5.85. The minimum absolute atomic E-state index is 0. The van der Waals surface area contributed by atoms with Gasteiger partial charge in [-0.1, -0.05) is 29.8 Å². The highest BCUT2D eigenvalue weighted by atomic mass is 35.5. The lowest BCUT2D eigenvalue weighted by atomic mass is 10.1. The van der Waals surface area contributed by atoms with Gasteiger partial charge in [0, 0.05) is 18.2 Å². The van der Waals surface area contributed by atoms with Gasteiger partial charge < -0.3 is 20.5 Å². The molecule has 0 saturated heterocycles. The van der Waals surface area contributed by atoms with Crippen LogP contribution in [0.4, 0.5) is 0 Å². The number of benzene rings is 2. The summed E-state index contributed by atoms with van der Waals surface area (Å²) < 4.78 is 11.5. The number of hydrogen-bond donors (Lipinski definition) is 2. The monoisotopic (exact) mass is 404 g/mol. The lowest BCUT2D eigenvalue weighted by molar-refractivity contribution is -0.122. The lowest BCUT2D eigenvalue weighted by Crippen LogP contribution is -2.33. The van der Waals surface area contributed by atoms with Crippen LogP contribution in [0.5, 0.6) is 11.5 Å². The zero-order valence-corrected chi connectivity index (χ0v) is 17.3. The number of carbonyl (C=O) groups is 1. The van der Waals surface area contributed by atoms with Crippen molar-refractivity contribution in [1.82, 2.24) is 5.32 Å². The molecule has 0 spiro atoms. The first-order valence-electron chi connectivity index (χ1n) is 9.50. The highest BCUT2D eigenvalue weighted by Gasteiger charge is 2.20. The van der Waals surface area contributed by atoms with Gasteiger partial charge in [0.05, 0.1) is 13.2 Å². The summed E-state index contributed by atoms with van der Waals surface area (Å²) in [4.78, 5) is 12.5. The second-order valence-corrected chi connectivity index (χ2v) is 7.10. The summed E-state index contributed by atoms with van der Waals surface area (Å²) in [6, 6.07) is 12.7. The second kappa shape index (κ2) is 10.3. The molecule has 152 valence electrons. The molecule has 1 fully saturated rings. The van der Waals surface area contributed by atoms with Crippen LogP contribution in [0, 0.1) is 6.92 Å². The van der Waals surface area contributed by atoms with Crippen LogP contribution >= 0.6 is 12.4 Å². The largest absolute Gasteiger partial charge is 0.497 e. The van der Waals surface area contributed by atoms with E-state index in [1.54, 1.807) is 7.11 Å². The van der Waals surface area contributed by atoms with E-state index in [0.717, 1.165) is 41.0 Å². The van der Waals surface area contributed by atoms with Crippen molar-refractivity contribution in [1.29, 1.82) is 0 Å². The number of hydrogen-bond acceptors (Lipinski definition) is 4. The molecule has 1 unspecified atom stereocenters. The van der Waals surface area contributed by atoms with E-state index < -0.39 is 6.04 Å². The number of amides is 1. The molecule has 2 aromatic rings. The Balaban J connectivity index is 0.00000280. The highest BCUT2D eigenvalue weighted by Crippen LogP contribution is 2.30. The van der Waals surface area contributed by atoms with Gasteiger partial charge in [-0.05, 0) is 50.3 Å². The summed E-state index contributed by atoms with van der Waals surface area (Å²) >= 11 is 0. The minimum atomic E-state index is -0.692. The standard InChI is InChI=1S/C22H28N2O3.ClH/c1-15-7-9-16(10-8-15)21(23)22(25)24-14-17-11-12-19(26-2)13-20(17)27-18-5-3-4-6-18;/h7-13,18,21H,3-6,14,23H2,1-2H3,(H,24,25);1H. The fourth-order valence-electron chi connectivity index (χ4n) is 3.32. The Hall–Kier alpha value is -2.24. The molecule has 2 aromatic carbocycles. The molecule has 3 rings (SSSR count).